The molecular weight excluding hydrogens is 240 g/mol. The van der Waals surface area contributed by atoms with E-state index >= 15 is 0 Å². The van der Waals surface area contributed by atoms with Gasteiger partial charge in [-0.1, -0.05) is 18.2 Å². The van der Waals surface area contributed by atoms with Gasteiger partial charge in [-0.15, -0.1) is 0 Å². The quantitative estimate of drug-likeness (QED) is 0.890. The van der Waals surface area contributed by atoms with E-state index in [9.17, 15) is 5.11 Å². The van der Waals surface area contributed by atoms with Crippen LogP contribution in [0.15, 0.2) is 54.6 Å². The van der Waals surface area contributed by atoms with Crippen LogP contribution in [0.5, 0.6) is 17.2 Å². The molecule has 0 aliphatic heterocycles. The molecule has 0 bridgehead atoms. The average Bonchev–Trinajstić information content (AvgIpc) is 2.39. The average molecular weight is 258 g/mol. The standard InChI is InChI=1S/C16H18O3/c1-16(2,19-15-6-4-3-5-7-15)12-18-14-10-8-13(17)9-11-14/h3-11,17H,12H2,1-2H3. The van der Waals surface area contributed by atoms with Gasteiger partial charge >= 0.3 is 0 Å². The maximum atomic E-state index is 9.20. The Labute approximate surface area is 113 Å². The van der Waals surface area contributed by atoms with Gasteiger partial charge in [-0.25, -0.2) is 0 Å². The zero-order chi connectivity index (χ0) is 13.7. The lowest BCUT2D eigenvalue weighted by Gasteiger charge is -2.26. The minimum absolute atomic E-state index is 0.229. The van der Waals surface area contributed by atoms with Crippen LogP contribution >= 0.6 is 0 Å². The fraction of sp³-hybridized carbons (Fsp3) is 0.250. The highest BCUT2D eigenvalue weighted by Crippen LogP contribution is 2.21. The van der Waals surface area contributed by atoms with Gasteiger partial charge in [-0.2, -0.15) is 0 Å². The highest BCUT2D eigenvalue weighted by Gasteiger charge is 2.21. The number of hydrogen-bond donors (Lipinski definition) is 1. The maximum Gasteiger partial charge on any atom is 0.137 e. The molecule has 0 amide bonds. The van der Waals surface area contributed by atoms with E-state index in [1.54, 1.807) is 24.3 Å². The van der Waals surface area contributed by atoms with Crippen molar-refractivity contribution in [3.8, 4) is 17.2 Å². The summed E-state index contributed by atoms with van der Waals surface area (Å²) >= 11 is 0. The van der Waals surface area contributed by atoms with Crippen molar-refractivity contribution in [2.24, 2.45) is 0 Å². The fourth-order valence-corrected chi connectivity index (χ4v) is 1.64. The van der Waals surface area contributed by atoms with Crippen molar-refractivity contribution >= 4 is 0 Å². The molecule has 0 aliphatic rings. The van der Waals surface area contributed by atoms with E-state index in [0.717, 1.165) is 5.75 Å². The van der Waals surface area contributed by atoms with Crippen LogP contribution in [0, 0.1) is 0 Å². The number of ether oxygens (including phenoxy) is 2. The van der Waals surface area contributed by atoms with Gasteiger partial charge in [0.1, 0.15) is 29.5 Å². The van der Waals surface area contributed by atoms with Gasteiger partial charge in [0.05, 0.1) is 0 Å². The first-order valence-corrected chi connectivity index (χ1v) is 6.21. The summed E-state index contributed by atoms with van der Waals surface area (Å²) in [5, 5.41) is 9.20. The predicted molar refractivity (Wildman–Crippen MR) is 74.8 cm³/mol. The topological polar surface area (TPSA) is 38.7 Å². The summed E-state index contributed by atoms with van der Waals surface area (Å²) in [6, 6.07) is 16.3. The van der Waals surface area contributed by atoms with Crippen molar-refractivity contribution in [3.63, 3.8) is 0 Å². The summed E-state index contributed by atoms with van der Waals surface area (Å²) < 4.78 is 11.5. The molecule has 0 atom stereocenters. The molecule has 2 aromatic carbocycles. The van der Waals surface area contributed by atoms with Crippen LogP contribution < -0.4 is 9.47 Å². The normalized spacial score (nSPS) is 11.1. The predicted octanol–water partition coefficient (Wildman–Crippen LogP) is 3.63. The second-order valence-electron chi connectivity index (χ2n) is 4.96. The minimum atomic E-state index is -0.431. The molecule has 0 saturated heterocycles. The summed E-state index contributed by atoms with van der Waals surface area (Å²) in [7, 11) is 0. The number of phenols is 1. The number of phenolic OH excluding ortho intramolecular Hbond substituents is 1. The van der Waals surface area contributed by atoms with Crippen molar-refractivity contribution in [1.82, 2.24) is 0 Å². The lowest BCUT2D eigenvalue weighted by atomic mass is 10.1. The molecule has 0 unspecified atom stereocenters. The monoisotopic (exact) mass is 258 g/mol. The van der Waals surface area contributed by atoms with Crippen LogP contribution in [0.25, 0.3) is 0 Å². The third kappa shape index (κ3) is 4.21. The zero-order valence-corrected chi connectivity index (χ0v) is 11.2. The lowest BCUT2D eigenvalue weighted by Crippen LogP contribution is -2.35. The van der Waals surface area contributed by atoms with Gasteiger partial charge in [0.25, 0.3) is 0 Å². The van der Waals surface area contributed by atoms with Crippen LogP contribution in [0.2, 0.25) is 0 Å². The van der Waals surface area contributed by atoms with E-state index in [1.165, 1.54) is 0 Å². The number of hydrogen-bond acceptors (Lipinski definition) is 3. The van der Waals surface area contributed by atoms with E-state index in [0.29, 0.717) is 12.4 Å². The van der Waals surface area contributed by atoms with Gasteiger partial charge in [0, 0.05) is 0 Å². The summed E-state index contributed by atoms with van der Waals surface area (Å²) in [6.45, 7) is 4.37. The number of para-hydroxylation sites is 1. The Balaban J connectivity index is 1.92. The largest absolute Gasteiger partial charge is 0.508 e. The van der Waals surface area contributed by atoms with Crippen molar-refractivity contribution < 1.29 is 14.6 Å². The first-order valence-electron chi connectivity index (χ1n) is 6.21. The Morgan fingerprint density at radius 3 is 2.16 bits per heavy atom. The van der Waals surface area contributed by atoms with Gasteiger partial charge < -0.3 is 14.6 Å². The third-order valence-corrected chi connectivity index (χ3v) is 2.56. The highest BCUT2D eigenvalue weighted by molar-refractivity contribution is 5.30. The molecule has 0 fully saturated rings. The van der Waals surface area contributed by atoms with Gasteiger partial charge in [0.2, 0.25) is 0 Å². The third-order valence-electron chi connectivity index (χ3n) is 2.56. The van der Waals surface area contributed by atoms with Gasteiger partial charge in [-0.05, 0) is 50.2 Å². The lowest BCUT2D eigenvalue weighted by molar-refractivity contribution is 0.0521. The van der Waals surface area contributed by atoms with Gasteiger partial charge in [-0.3, -0.25) is 0 Å². The summed E-state index contributed by atoms with van der Waals surface area (Å²) in [6.07, 6.45) is 0. The number of aromatic hydroxyl groups is 1. The molecule has 0 aromatic heterocycles. The smallest absolute Gasteiger partial charge is 0.137 e. The Morgan fingerprint density at radius 1 is 0.895 bits per heavy atom. The first-order chi connectivity index (χ1) is 9.05. The summed E-state index contributed by atoms with van der Waals surface area (Å²) in [5.41, 5.74) is -0.431. The van der Waals surface area contributed by atoms with Crippen molar-refractivity contribution in [1.29, 1.82) is 0 Å². The SMILES string of the molecule is CC(C)(COc1ccc(O)cc1)Oc1ccccc1. The van der Waals surface area contributed by atoms with E-state index in [2.05, 4.69) is 0 Å². The Bertz CT molecular complexity index is 503. The maximum absolute atomic E-state index is 9.20. The van der Waals surface area contributed by atoms with Crippen molar-refractivity contribution in [2.45, 2.75) is 19.4 Å². The summed E-state index contributed by atoms with van der Waals surface area (Å²) in [5.74, 6) is 1.76. The summed E-state index contributed by atoms with van der Waals surface area (Å²) in [4.78, 5) is 0. The molecule has 0 spiro atoms. The number of rotatable bonds is 5. The second kappa shape index (κ2) is 5.65. The number of benzene rings is 2. The molecule has 2 rings (SSSR count). The molecule has 0 aliphatic carbocycles. The van der Waals surface area contributed by atoms with Gasteiger partial charge in [0.15, 0.2) is 0 Å². The molecule has 1 N–H and O–H groups in total. The fourth-order valence-electron chi connectivity index (χ4n) is 1.64. The molecule has 19 heavy (non-hydrogen) atoms. The van der Waals surface area contributed by atoms with Crippen molar-refractivity contribution in [3.05, 3.63) is 54.6 Å². The molecule has 100 valence electrons. The Kier molecular flexibility index (Phi) is 3.95. The van der Waals surface area contributed by atoms with Crippen LogP contribution in [0.4, 0.5) is 0 Å². The molecule has 3 heteroatoms. The molecular formula is C16H18O3. The molecule has 0 saturated carbocycles. The van der Waals surface area contributed by atoms with E-state index in [4.69, 9.17) is 9.47 Å². The van der Waals surface area contributed by atoms with Crippen LogP contribution in [0.3, 0.4) is 0 Å². The molecule has 0 radical (unpaired) electrons. The van der Waals surface area contributed by atoms with Crippen LogP contribution in [-0.4, -0.2) is 17.3 Å². The highest BCUT2D eigenvalue weighted by atomic mass is 16.5. The molecule has 3 nitrogen and oxygen atoms in total. The van der Waals surface area contributed by atoms with E-state index < -0.39 is 5.60 Å². The van der Waals surface area contributed by atoms with Crippen molar-refractivity contribution in [2.75, 3.05) is 6.61 Å². The van der Waals surface area contributed by atoms with E-state index in [1.807, 2.05) is 44.2 Å². The van der Waals surface area contributed by atoms with E-state index in [-0.39, 0.29) is 5.75 Å². The first kappa shape index (κ1) is 13.3. The zero-order valence-electron chi connectivity index (χ0n) is 11.2. The van der Waals surface area contributed by atoms with Crippen LogP contribution in [-0.2, 0) is 0 Å². The Morgan fingerprint density at radius 2 is 1.53 bits per heavy atom. The minimum Gasteiger partial charge on any atom is -0.508 e. The molecule has 2 aromatic rings. The molecule has 0 heterocycles. The second-order valence-corrected chi connectivity index (χ2v) is 4.96. The van der Waals surface area contributed by atoms with Crippen LogP contribution in [0.1, 0.15) is 13.8 Å². The Hall–Kier alpha value is -2.16.